The zero-order valence-corrected chi connectivity index (χ0v) is 46.1. The van der Waals surface area contributed by atoms with E-state index in [0.717, 1.165) is 63.5 Å². The third kappa shape index (κ3) is 24.4. The van der Waals surface area contributed by atoms with Crippen molar-refractivity contribution >= 4 is 11.9 Å². The first-order valence-electron chi connectivity index (χ1n) is 28.3. The smallest absolute Gasteiger partial charge is 0.391 e. The fourth-order valence-electron chi connectivity index (χ4n) is 8.79. The lowest BCUT2D eigenvalue weighted by atomic mass is 9.97. The number of rotatable bonds is 36. The second kappa shape index (κ2) is 36.8. The molecule has 2 atom stereocenters. The van der Waals surface area contributed by atoms with E-state index >= 15 is 0 Å². The summed E-state index contributed by atoms with van der Waals surface area (Å²) in [7, 11) is 0. The lowest BCUT2D eigenvalue weighted by Crippen LogP contribution is -2.25. The van der Waals surface area contributed by atoms with Crippen LogP contribution in [0.15, 0.2) is 72.8 Å². The zero-order valence-electron chi connectivity index (χ0n) is 46.1. The summed E-state index contributed by atoms with van der Waals surface area (Å²) in [5.41, 5.74) is -0.599. The van der Waals surface area contributed by atoms with Crippen LogP contribution in [0, 0.1) is 35.1 Å². The van der Waals surface area contributed by atoms with Crippen molar-refractivity contribution < 1.29 is 72.4 Å². The van der Waals surface area contributed by atoms with Gasteiger partial charge in [-0.25, -0.2) is 27.2 Å². The van der Waals surface area contributed by atoms with Gasteiger partial charge in [0.1, 0.15) is 11.5 Å². The largest absolute Gasteiger partial charge is 0.494 e. The summed E-state index contributed by atoms with van der Waals surface area (Å²) in [6.45, 7) is 8.38. The van der Waals surface area contributed by atoms with Gasteiger partial charge in [0.05, 0.1) is 49.4 Å². The van der Waals surface area contributed by atoms with E-state index in [-0.39, 0.29) is 24.0 Å². The standard InChI is InChI=1S/C32H43F5O3.C30H39F5O3/c1-3-5-7-9-10-11-13-22-39-26-17-15-24(16-18-26)27-19-20-28(30(34)29(27)33)31(38)40-23-21-25(32(35,36)37)14-12-8-6-4-2;1-3-5-7-9-11-20-37-24-15-13-22(14-16-24)25-17-18-26(28(32)27(25)31)29(36)38-21-19-23(30(33,34)35)12-10-8-6-4-2/h15-20,25H,3-14,21-23H2,1-2H3;13-18,23H,3-12,19-21H2,1-2H3. The molecule has 0 fully saturated rings. The number of alkyl halides is 6. The fourth-order valence-corrected chi connectivity index (χ4v) is 8.79. The predicted octanol–water partition coefficient (Wildman–Crippen LogP) is 20.1. The van der Waals surface area contributed by atoms with Gasteiger partial charge in [0.25, 0.3) is 0 Å². The van der Waals surface area contributed by atoms with E-state index in [2.05, 4.69) is 13.8 Å². The first-order valence-corrected chi connectivity index (χ1v) is 28.3. The minimum atomic E-state index is -4.41. The van der Waals surface area contributed by atoms with Crippen LogP contribution in [0.1, 0.15) is 203 Å². The van der Waals surface area contributed by atoms with Crippen LogP contribution in [0.2, 0.25) is 0 Å². The lowest BCUT2D eigenvalue weighted by Gasteiger charge is -2.20. The van der Waals surface area contributed by atoms with Crippen LogP contribution in [0.4, 0.5) is 43.9 Å². The maximum absolute atomic E-state index is 14.9. The molecule has 0 radical (unpaired) electrons. The number of carbonyl (C=O) groups excluding carboxylic acids is 2. The average Bonchev–Trinajstić information content (AvgIpc) is 3.43. The second-order valence-corrected chi connectivity index (χ2v) is 19.9. The molecule has 0 spiro atoms. The summed E-state index contributed by atoms with van der Waals surface area (Å²) in [5.74, 6) is -9.60. The van der Waals surface area contributed by atoms with Crippen molar-refractivity contribution in [2.75, 3.05) is 26.4 Å². The van der Waals surface area contributed by atoms with E-state index in [9.17, 15) is 53.5 Å². The third-order valence-corrected chi connectivity index (χ3v) is 13.6. The van der Waals surface area contributed by atoms with Crippen molar-refractivity contribution in [2.45, 2.75) is 194 Å². The Labute approximate surface area is 456 Å². The molecule has 0 aliphatic heterocycles. The highest BCUT2D eigenvalue weighted by atomic mass is 19.4. The van der Waals surface area contributed by atoms with E-state index < -0.39 is 96.6 Å². The molecule has 4 rings (SSSR count). The van der Waals surface area contributed by atoms with Gasteiger partial charge in [-0.05, 0) is 86.1 Å². The summed E-state index contributed by atoms with van der Waals surface area (Å²) in [6, 6.07) is 17.8. The SMILES string of the molecule is CCCCCCCCCOc1ccc(-c2ccc(C(=O)OCCC(CCCCCC)C(F)(F)F)c(F)c2F)cc1.CCCCCCCOc1ccc(-c2ccc(C(=O)OCCC(CCCCCC)C(F)(F)F)c(F)c2F)cc1. The number of carbonyl (C=O) groups is 2. The Kier molecular flexibility index (Phi) is 31.6. The molecule has 78 heavy (non-hydrogen) atoms. The Balaban J connectivity index is 0.000000411. The molecule has 0 aliphatic carbocycles. The van der Waals surface area contributed by atoms with Gasteiger partial charge in [-0.1, -0.05) is 180 Å². The summed E-state index contributed by atoms with van der Waals surface area (Å²) in [5, 5.41) is 0. The van der Waals surface area contributed by atoms with Gasteiger partial charge in [-0.3, -0.25) is 0 Å². The van der Waals surface area contributed by atoms with Gasteiger partial charge in [0.2, 0.25) is 0 Å². The first-order chi connectivity index (χ1) is 37.4. The molecule has 436 valence electrons. The van der Waals surface area contributed by atoms with Crippen LogP contribution >= 0.6 is 0 Å². The highest BCUT2D eigenvalue weighted by molar-refractivity contribution is 5.91. The Bertz CT molecular complexity index is 2300. The predicted molar refractivity (Wildman–Crippen MR) is 288 cm³/mol. The van der Waals surface area contributed by atoms with Crippen LogP contribution in [0.5, 0.6) is 11.5 Å². The van der Waals surface area contributed by atoms with E-state index in [1.165, 1.54) is 63.5 Å². The molecule has 16 heteroatoms. The molecule has 0 heterocycles. The molecule has 4 aromatic rings. The Morgan fingerprint density at radius 2 is 0.679 bits per heavy atom. The summed E-state index contributed by atoms with van der Waals surface area (Å²) in [4.78, 5) is 24.6. The van der Waals surface area contributed by atoms with Crippen molar-refractivity contribution in [3.05, 3.63) is 107 Å². The number of benzene rings is 4. The summed E-state index contributed by atoms with van der Waals surface area (Å²) >= 11 is 0. The zero-order chi connectivity index (χ0) is 57.4. The minimum Gasteiger partial charge on any atom is -0.494 e. The van der Waals surface area contributed by atoms with Crippen LogP contribution in [-0.2, 0) is 9.47 Å². The van der Waals surface area contributed by atoms with Crippen LogP contribution in [-0.4, -0.2) is 50.7 Å². The normalized spacial score (nSPS) is 12.4. The lowest BCUT2D eigenvalue weighted by molar-refractivity contribution is -0.181. The topological polar surface area (TPSA) is 71.1 Å². The first kappa shape index (κ1) is 67.0. The molecule has 4 aromatic carbocycles. The van der Waals surface area contributed by atoms with Crippen molar-refractivity contribution in [1.29, 1.82) is 0 Å². The number of unbranched alkanes of at least 4 members (excludes halogenated alkanes) is 16. The van der Waals surface area contributed by atoms with Crippen LogP contribution < -0.4 is 9.47 Å². The molecule has 6 nitrogen and oxygen atoms in total. The second-order valence-electron chi connectivity index (χ2n) is 19.9. The summed E-state index contributed by atoms with van der Waals surface area (Å²) < 4.78 is 160. The maximum atomic E-state index is 14.9. The molecule has 0 saturated carbocycles. The Hall–Kier alpha value is -5.28. The minimum absolute atomic E-state index is 0.0445. The van der Waals surface area contributed by atoms with Crippen molar-refractivity contribution in [3.63, 3.8) is 0 Å². The van der Waals surface area contributed by atoms with Gasteiger partial charge in [-0.2, -0.15) is 26.3 Å². The number of esters is 2. The van der Waals surface area contributed by atoms with Gasteiger partial charge in [0, 0.05) is 11.1 Å². The summed E-state index contributed by atoms with van der Waals surface area (Å²) in [6.07, 6.45) is 9.82. The molecule has 0 saturated heterocycles. The quantitative estimate of drug-likeness (QED) is 0.0257. The molecule has 0 aromatic heterocycles. The van der Waals surface area contributed by atoms with E-state index in [1.807, 2.05) is 13.8 Å². The molecule has 2 unspecified atom stereocenters. The van der Waals surface area contributed by atoms with Crippen molar-refractivity contribution in [2.24, 2.45) is 11.8 Å². The molecule has 0 bridgehead atoms. The van der Waals surface area contributed by atoms with Crippen molar-refractivity contribution in [1.82, 2.24) is 0 Å². The highest BCUT2D eigenvalue weighted by Gasteiger charge is 2.40. The monoisotopic (exact) mass is 1110 g/mol. The molecule has 0 amide bonds. The van der Waals surface area contributed by atoms with E-state index in [4.69, 9.17) is 18.9 Å². The Morgan fingerprint density at radius 1 is 0.372 bits per heavy atom. The van der Waals surface area contributed by atoms with Gasteiger partial charge >= 0.3 is 24.3 Å². The van der Waals surface area contributed by atoms with Gasteiger partial charge in [-0.15, -0.1) is 0 Å². The van der Waals surface area contributed by atoms with E-state index in [0.29, 0.717) is 61.5 Å². The number of hydrogen-bond acceptors (Lipinski definition) is 6. The average molecular weight is 1110 g/mol. The fraction of sp³-hybridized carbons (Fsp3) is 0.581. The number of ether oxygens (including phenoxy) is 4. The van der Waals surface area contributed by atoms with Crippen molar-refractivity contribution in [3.8, 4) is 33.8 Å². The van der Waals surface area contributed by atoms with Crippen LogP contribution in [0.25, 0.3) is 22.3 Å². The Morgan fingerprint density at radius 3 is 1.00 bits per heavy atom. The molecular formula is C62H82F10O6. The number of halogens is 10. The van der Waals surface area contributed by atoms with Crippen LogP contribution in [0.3, 0.4) is 0 Å². The van der Waals surface area contributed by atoms with Gasteiger partial charge in [0.15, 0.2) is 23.3 Å². The molecule has 0 aliphatic rings. The number of hydrogen-bond donors (Lipinski definition) is 0. The van der Waals surface area contributed by atoms with E-state index in [1.54, 1.807) is 48.5 Å². The van der Waals surface area contributed by atoms with Gasteiger partial charge < -0.3 is 18.9 Å². The molecular weight excluding hydrogens is 1030 g/mol. The molecule has 0 N–H and O–H groups in total. The third-order valence-electron chi connectivity index (χ3n) is 13.6. The highest BCUT2D eigenvalue weighted by Crippen LogP contribution is 2.36. The maximum Gasteiger partial charge on any atom is 0.391 e.